The minimum atomic E-state index is -0.248. The van der Waals surface area contributed by atoms with Gasteiger partial charge in [-0.2, -0.15) is 0 Å². The number of benzene rings is 2. The lowest BCUT2D eigenvalue weighted by molar-refractivity contribution is -0.130. The summed E-state index contributed by atoms with van der Waals surface area (Å²) < 4.78 is 0. The van der Waals surface area contributed by atoms with E-state index in [0.717, 1.165) is 29.6 Å². The van der Waals surface area contributed by atoms with Crippen LogP contribution in [-0.2, 0) is 11.2 Å². The Kier molecular flexibility index (Phi) is 4.58. The average Bonchev–Trinajstić information content (AvgIpc) is 3.29. The largest absolute Gasteiger partial charge is 0.356 e. The van der Waals surface area contributed by atoms with Gasteiger partial charge in [-0.3, -0.25) is 9.69 Å². The number of hydrogen-bond donors (Lipinski definition) is 1. The lowest BCUT2D eigenvalue weighted by Crippen LogP contribution is -2.44. The van der Waals surface area contributed by atoms with Crippen LogP contribution in [0, 0.1) is 0 Å². The van der Waals surface area contributed by atoms with Crippen molar-refractivity contribution >= 4 is 45.7 Å². The van der Waals surface area contributed by atoms with Crippen molar-refractivity contribution in [3.05, 3.63) is 70.4 Å². The highest BCUT2D eigenvalue weighted by atomic mass is 35.5. The zero-order valence-corrected chi connectivity index (χ0v) is 18.8. The Bertz CT molecular complexity index is 1180. The van der Waals surface area contributed by atoms with E-state index in [-0.39, 0.29) is 24.0 Å². The first-order valence-electron chi connectivity index (χ1n) is 11.1. The fourth-order valence-corrected chi connectivity index (χ4v) is 6.36. The number of rotatable bonds is 2. The number of aromatic nitrogens is 1. The molecule has 3 aliphatic rings. The highest BCUT2D eigenvalue weighted by Crippen LogP contribution is 2.45. The first-order chi connectivity index (χ1) is 15.1. The van der Waals surface area contributed by atoms with Crippen molar-refractivity contribution < 1.29 is 4.79 Å². The highest BCUT2D eigenvalue weighted by Gasteiger charge is 2.52. The molecule has 1 aliphatic carbocycles. The van der Waals surface area contributed by atoms with Crippen molar-refractivity contribution in [2.24, 2.45) is 0 Å². The maximum Gasteiger partial charge on any atom is 0.252 e. The number of halogens is 1. The van der Waals surface area contributed by atoms with Crippen molar-refractivity contribution in [2.45, 2.75) is 56.7 Å². The molecule has 2 atom stereocenters. The normalized spacial score (nSPS) is 24.0. The van der Waals surface area contributed by atoms with Crippen LogP contribution in [0.5, 0.6) is 0 Å². The third kappa shape index (κ3) is 2.94. The summed E-state index contributed by atoms with van der Waals surface area (Å²) in [5.74, 6) is 0.173. The van der Waals surface area contributed by atoms with Crippen LogP contribution in [0.2, 0.25) is 5.02 Å². The third-order valence-electron chi connectivity index (χ3n) is 7.21. The van der Waals surface area contributed by atoms with Crippen LogP contribution in [-0.4, -0.2) is 37.9 Å². The van der Waals surface area contributed by atoms with Crippen molar-refractivity contribution in [1.29, 1.82) is 0 Å². The number of fused-ring (bicyclic) bond motifs is 4. The summed E-state index contributed by atoms with van der Waals surface area (Å²) in [7, 11) is 0. The van der Waals surface area contributed by atoms with E-state index in [9.17, 15) is 4.79 Å². The van der Waals surface area contributed by atoms with E-state index in [4.69, 9.17) is 23.8 Å². The lowest BCUT2D eigenvalue weighted by Gasteiger charge is -2.38. The molecule has 0 radical (unpaired) electrons. The second kappa shape index (κ2) is 7.35. The van der Waals surface area contributed by atoms with Gasteiger partial charge in [0.1, 0.15) is 6.04 Å². The second-order valence-electron chi connectivity index (χ2n) is 8.93. The van der Waals surface area contributed by atoms with Gasteiger partial charge in [0, 0.05) is 34.1 Å². The molecule has 6 rings (SSSR count). The molecule has 1 aromatic heterocycles. The fourth-order valence-electron chi connectivity index (χ4n) is 5.76. The molecule has 1 N–H and O–H groups in total. The summed E-state index contributed by atoms with van der Waals surface area (Å²) in [5.41, 5.74) is 4.58. The Labute approximate surface area is 192 Å². The SMILES string of the molecule is O=C1C2Cc3c([nH]c4ccccc34)C(c3ccc(Cl)cc3)N2C(=S)N1C1CCCCC1. The fraction of sp³-hybridized carbons (Fsp3) is 0.360. The molecule has 6 heteroatoms. The lowest BCUT2D eigenvalue weighted by atomic mass is 9.89. The number of thiocarbonyl (C=S) groups is 1. The van der Waals surface area contributed by atoms with Crippen molar-refractivity contribution in [3.8, 4) is 0 Å². The molecule has 4 nitrogen and oxygen atoms in total. The van der Waals surface area contributed by atoms with Crippen LogP contribution >= 0.6 is 23.8 Å². The summed E-state index contributed by atoms with van der Waals surface area (Å²) in [5, 5.41) is 2.59. The first-order valence-corrected chi connectivity index (χ1v) is 11.9. The van der Waals surface area contributed by atoms with Crippen molar-refractivity contribution in [3.63, 3.8) is 0 Å². The zero-order chi connectivity index (χ0) is 21.1. The van der Waals surface area contributed by atoms with Gasteiger partial charge in [0.05, 0.1) is 6.04 Å². The van der Waals surface area contributed by atoms with Gasteiger partial charge >= 0.3 is 0 Å². The molecule has 2 unspecified atom stereocenters. The Balaban J connectivity index is 1.51. The molecule has 3 aromatic rings. The molecule has 3 heterocycles. The van der Waals surface area contributed by atoms with E-state index in [0.29, 0.717) is 16.6 Å². The maximum atomic E-state index is 13.7. The number of amides is 1. The van der Waals surface area contributed by atoms with E-state index in [2.05, 4.69) is 40.2 Å². The molecule has 1 saturated heterocycles. The summed E-state index contributed by atoms with van der Waals surface area (Å²) in [4.78, 5) is 21.5. The monoisotopic (exact) mass is 449 g/mol. The van der Waals surface area contributed by atoms with Gasteiger partial charge in [0.15, 0.2) is 5.11 Å². The number of H-pyrrole nitrogens is 1. The van der Waals surface area contributed by atoms with E-state index in [1.54, 1.807) is 0 Å². The Morgan fingerprint density at radius 1 is 1.00 bits per heavy atom. The Morgan fingerprint density at radius 2 is 1.74 bits per heavy atom. The van der Waals surface area contributed by atoms with Crippen LogP contribution in [0.25, 0.3) is 10.9 Å². The van der Waals surface area contributed by atoms with E-state index >= 15 is 0 Å². The summed E-state index contributed by atoms with van der Waals surface area (Å²) >= 11 is 12.2. The molecule has 2 aliphatic heterocycles. The number of hydrogen-bond acceptors (Lipinski definition) is 2. The average molecular weight is 450 g/mol. The zero-order valence-electron chi connectivity index (χ0n) is 17.2. The molecule has 158 valence electrons. The molecule has 1 saturated carbocycles. The van der Waals surface area contributed by atoms with Crippen LogP contribution in [0.15, 0.2) is 48.5 Å². The van der Waals surface area contributed by atoms with Gasteiger partial charge in [-0.1, -0.05) is 61.2 Å². The highest BCUT2D eigenvalue weighted by molar-refractivity contribution is 7.80. The number of para-hydroxylation sites is 1. The molecular formula is C25H24ClN3OS. The van der Waals surface area contributed by atoms with Crippen LogP contribution in [0.4, 0.5) is 0 Å². The minimum absolute atomic E-state index is 0.122. The molecule has 0 bridgehead atoms. The van der Waals surface area contributed by atoms with E-state index in [1.807, 2.05) is 23.1 Å². The Morgan fingerprint density at radius 3 is 2.52 bits per heavy atom. The maximum absolute atomic E-state index is 13.7. The van der Waals surface area contributed by atoms with E-state index in [1.165, 1.54) is 30.2 Å². The van der Waals surface area contributed by atoms with Gasteiger partial charge in [0.2, 0.25) is 0 Å². The number of carbonyl (C=O) groups excluding carboxylic acids is 1. The van der Waals surface area contributed by atoms with Gasteiger partial charge in [-0.05, 0) is 54.4 Å². The van der Waals surface area contributed by atoms with Gasteiger partial charge in [0.25, 0.3) is 5.91 Å². The van der Waals surface area contributed by atoms with E-state index < -0.39 is 0 Å². The molecule has 31 heavy (non-hydrogen) atoms. The van der Waals surface area contributed by atoms with Gasteiger partial charge in [-0.15, -0.1) is 0 Å². The molecule has 0 spiro atoms. The summed E-state index contributed by atoms with van der Waals surface area (Å²) in [6.07, 6.45) is 6.38. The predicted molar refractivity (Wildman–Crippen MR) is 127 cm³/mol. The summed E-state index contributed by atoms with van der Waals surface area (Å²) in [6.45, 7) is 0. The van der Waals surface area contributed by atoms with Gasteiger partial charge < -0.3 is 9.88 Å². The summed E-state index contributed by atoms with van der Waals surface area (Å²) in [6, 6.07) is 16.2. The number of nitrogens with one attached hydrogen (secondary N) is 1. The number of carbonyl (C=O) groups is 1. The third-order valence-corrected chi connectivity index (χ3v) is 7.87. The first kappa shape index (κ1) is 19.3. The molecule has 2 aromatic carbocycles. The molecule has 1 amide bonds. The topological polar surface area (TPSA) is 39.3 Å². The van der Waals surface area contributed by atoms with Crippen LogP contribution < -0.4 is 0 Å². The predicted octanol–water partition coefficient (Wildman–Crippen LogP) is 5.60. The second-order valence-corrected chi connectivity index (χ2v) is 9.73. The standard InChI is InChI=1S/C25H24ClN3OS/c26-16-12-10-15(11-13-16)23-22-19(18-8-4-5-9-20(18)27-22)14-21-24(30)28(25(31)29(21)23)17-6-2-1-3-7-17/h4-5,8-13,17,21,23,27H,1-3,6-7,14H2. The number of aromatic amines is 1. The smallest absolute Gasteiger partial charge is 0.252 e. The quantitative estimate of drug-likeness (QED) is 0.518. The molecular weight excluding hydrogens is 426 g/mol. The van der Waals surface area contributed by atoms with Crippen LogP contribution in [0.1, 0.15) is 55.0 Å². The van der Waals surface area contributed by atoms with Crippen molar-refractivity contribution in [1.82, 2.24) is 14.8 Å². The Hall–Kier alpha value is -2.37. The van der Waals surface area contributed by atoms with Crippen molar-refractivity contribution in [2.75, 3.05) is 0 Å². The van der Waals surface area contributed by atoms with Crippen LogP contribution in [0.3, 0.4) is 0 Å². The number of nitrogens with zero attached hydrogens (tertiary/aromatic N) is 2. The molecule has 2 fully saturated rings. The minimum Gasteiger partial charge on any atom is -0.356 e. The van der Waals surface area contributed by atoms with Gasteiger partial charge in [-0.25, -0.2) is 0 Å².